The summed E-state index contributed by atoms with van der Waals surface area (Å²) in [6.07, 6.45) is 5.53. The van der Waals surface area contributed by atoms with Crippen LogP contribution in [0.25, 0.3) is 0 Å². The van der Waals surface area contributed by atoms with Crippen LogP contribution in [0, 0.1) is 5.82 Å². The third-order valence-corrected chi connectivity index (χ3v) is 4.79. The van der Waals surface area contributed by atoms with E-state index >= 15 is 0 Å². The van der Waals surface area contributed by atoms with Gasteiger partial charge >= 0.3 is 0 Å². The van der Waals surface area contributed by atoms with Crippen molar-refractivity contribution in [2.24, 2.45) is 0 Å². The molecule has 1 aliphatic heterocycles. The molecule has 1 saturated heterocycles. The summed E-state index contributed by atoms with van der Waals surface area (Å²) in [6.45, 7) is 0.721. The Bertz CT molecular complexity index is 563. The van der Waals surface area contributed by atoms with E-state index in [2.05, 4.69) is 4.98 Å². The second kappa shape index (κ2) is 6.37. The summed E-state index contributed by atoms with van der Waals surface area (Å²) in [5, 5.41) is 0.388. The first kappa shape index (κ1) is 13.6. The Balaban J connectivity index is 1.68. The molecule has 2 aromatic rings. The van der Waals surface area contributed by atoms with Gasteiger partial charge in [0.05, 0.1) is 6.10 Å². The van der Waals surface area contributed by atoms with Crippen LogP contribution < -0.4 is 0 Å². The van der Waals surface area contributed by atoms with Crippen LogP contribution in [0.3, 0.4) is 0 Å². The van der Waals surface area contributed by atoms with Gasteiger partial charge in [0.25, 0.3) is 0 Å². The molecule has 1 fully saturated rings. The van der Waals surface area contributed by atoms with Crippen molar-refractivity contribution in [3.63, 3.8) is 0 Å². The molecule has 2 nitrogen and oxygen atoms in total. The van der Waals surface area contributed by atoms with E-state index in [0.29, 0.717) is 5.25 Å². The maximum atomic E-state index is 13.7. The van der Waals surface area contributed by atoms with Crippen molar-refractivity contribution in [1.29, 1.82) is 0 Å². The number of thioether (sulfide) groups is 1. The van der Waals surface area contributed by atoms with Gasteiger partial charge in [-0.15, -0.1) is 11.8 Å². The van der Waals surface area contributed by atoms with Gasteiger partial charge in [0, 0.05) is 29.1 Å². The lowest BCUT2D eigenvalue weighted by Gasteiger charge is -2.29. The second-order valence-corrected chi connectivity index (χ2v) is 6.18. The smallest absolute Gasteiger partial charge is 0.136 e. The number of ether oxygens (including phenoxy) is 1. The van der Waals surface area contributed by atoms with Crippen molar-refractivity contribution in [2.45, 2.75) is 29.1 Å². The van der Waals surface area contributed by atoms with Crippen LogP contribution in [-0.2, 0) is 4.74 Å². The molecule has 1 aromatic carbocycles. The molecular formula is C16H16FNOS. The number of pyridine rings is 1. The third-order valence-electron chi connectivity index (χ3n) is 3.44. The molecule has 0 aliphatic carbocycles. The average molecular weight is 289 g/mol. The van der Waals surface area contributed by atoms with E-state index in [4.69, 9.17) is 4.74 Å². The van der Waals surface area contributed by atoms with Gasteiger partial charge in [-0.25, -0.2) is 4.39 Å². The lowest BCUT2D eigenvalue weighted by atomic mass is 10.0. The molecule has 2 atom stereocenters. The Kier molecular flexibility index (Phi) is 4.33. The minimum absolute atomic E-state index is 0.0935. The molecule has 0 N–H and O–H groups in total. The van der Waals surface area contributed by atoms with Gasteiger partial charge in [-0.1, -0.05) is 12.1 Å². The standard InChI is InChI=1S/C16H16FNOS/c17-14-3-1-2-4-16(14)20-13-7-10-19-15(11-13)12-5-8-18-9-6-12/h1-6,8-9,13,15H,7,10-11H2/t13-,15-/m0/s1. The highest BCUT2D eigenvalue weighted by Crippen LogP contribution is 2.37. The molecule has 4 heteroatoms. The molecule has 2 heterocycles. The third kappa shape index (κ3) is 3.19. The number of rotatable bonds is 3. The van der Waals surface area contributed by atoms with Gasteiger partial charge < -0.3 is 4.74 Å². The SMILES string of the molecule is Fc1ccccc1S[C@H]1CCO[C@H](c2ccncc2)C1. The Morgan fingerprint density at radius 3 is 2.75 bits per heavy atom. The Morgan fingerprint density at radius 2 is 1.95 bits per heavy atom. The van der Waals surface area contributed by atoms with Crippen LogP contribution >= 0.6 is 11.8 Å². The normalized spacial score (nSPS) is 22.6. The quantitative estimate of drug-likeness (QED) is 0.844. The van der Waals surface area contributed by atoms with E-state index in [0.717, 1.165) is 29.9 Å². The van der Waals surface area contributed by atoms with Gasteiger partial charge in [-0.05, 0) is 42.7 Å². The minimum Gasteiger partial charge on any atom is -0.373 e. The monoisotopic (exact) mass is 289 g/mol. The van der Waals surface area contributed by atoms with Crippen molar-refractivity contribution in [3.8, 4) is 0 Å². The summed E-state index contributed by atoms with van der Waals surface area (Å²) < 4.78 is 19.5. The first-order valence-corrected chi connectivity index (χ1v) is 7.63. The predicted molar refractivity (Wildman–Crippen MR) is 78.2 cm³/mol. The van der Waals surface area contributed by atoms with E-state index in [1.165, 1.54) is 6.07 Å². The average Bonchev–Trinajstić information content (AvgIpc) is 2.51. The topological polar surface area (TPSA) is 22.1 Å². The van der Waals surface area contributed by atoms with Crippen molar-refractivity contribution < 1.29 is 9.13 Å². The van der Waals surface area contributed by atoms with E-state index in [1.54, 1.807) is 30.2 Å². The number of aromatic nitrogens is 1. The van der Waals surface area contributed by atoms with Crippen LogP contribution in [0.4, 0.5) is 4.39 Å². The Morgan fingerprint density at radius 1 is 1.15 bits per heavy atom. The van der Waals surface area contributed by atoms with Gasteiger partial charge in [-0.3, -0.25) is 4.98 Å². The molecule has 0 spiro atoms. The first-order chi connectivity index (χ1) is 9.83. The second-order valence-electron chi connectivity index (χ2n) is 4.83. The van der Waals surface area contributed by atoms with E-state index in [-0.39, 0.29) is 11.9 Å². The zero-order valence-electron chi connectivity index (χ0n) is 11.0. The maximum absolute atomic E-state index is 13.7. The van der Waals surface area contributed by atoms with Crippen molar-refractivity contribution >= 4 is 11.8 Å². The number of benzene rings is 1. The number of nitrogens with zero attached hydrogens (tertiary/aromatic N) is 1. The molecule has 3 rings (SSSR count). The highest BCUT2D eigenvalue weighted by Gasteiger charge is 2.25. The van der Waals surface area contributed by atoms with E-state index in [1.807, 2.05) is 24.3 Å². The molecule has 1 aromatic heterocycles. The highest BCUT2D eigenvalue weighted by atomic mass is 32.2. The zero-order valence-corrected chi connectivity index (χ0v) is 11.9. The summed E-state index contributed by atoms with van der Waals surface area (Å²) in [6, 6.07) is 10.9. The molecule has 104 valence electrons. The molecule has 0 radical (unpaired) electrons. The summed E-state index contributed by atoms with van der Waals surface area (Å²) in [5.41, 5.74) is 1.15. The number of hydrogen-bond acceptors (Lipinski definition) is 3. The lowest BCUT2D eigenvalue weighted by molar-refractivity contribution is 0.0178. The largest absolute Gasteiger partial charge is 0.373 e. The Hall–Kier alpha value is -1.39. The van der Waals surface area contributed by atoms with E-state index < -0.39 is 0 Å². The number of hydrogen-bond donors (Lipinski definition) is 0. The summed E-state index contributed by atoms with van der Waals surface area (Å²) in [5.74, 6) is -0.135. The van der Waals surface area contributed by atoms with Crippen LogP contribution in [-0.4, -0.2) is 16.8 Å². The molecular weight excluding hydrogens is 273 g/mol. The predicted octanol–water partition coefficient (Wildman–Crippen LogP) is 4.23. The lowest BCUT2D eigenvalue weighted by Crippen LogP contribution is -2.21. The van der Waals surface area contributed by atoms with Gasteiger partial charge in [-0.2, -0.15) is 0 Å². The fourth-order valence-corrected chi connectivity index (χ4v) is 3.59. The molecule has 20 heavy (non-hydrogen) atoms. The van der Waals surface area contributed by atoms with Crippen molar-refractivity contribution in [3.05, 3.63) is 60.2 Å². The zero-order chi connectivity index (χ0) is 13.8. The van der Waals surface area contributed by atoms with Crippen LogP contribution in [0.15, 0.2) is 53.7 Å². The summed E-state index contributed by atoms with van der Waals surface area (Å²) in [7, 11) is 0. The Labute approximate surface area is 122 Å². The van der Waals surface area contributed by atoms with E-state index in [9.17, 15) is 4.39 Å². The summed E-state index contributed by atoms with van der Waals surface area (Å²) in [4.78, 5) is 4.76. The van der Waals surface area contributed by atoms with Crippen LogP contribution in [0.1, 0.15) is 24.5 Å². The number of halogens is 1. The maximum Gasteiger partial charge on any atom is 0.136 e. The fraction of sp³-hybridized carbons (Fsp3) is 0.312. The van der Waals surface area contributed by atoms with Crippen molar-refractivity contribution in [1.82, 2.24) is 4.98 Å². The van der Waals surface area contributed by atoms with Crippen LogP contribution in [0.5, 0.6) is 0 Å². The van der Waals surface area contributed by atoms with Crippen molar-refractivity contribution in [2.75, 3.05) is 6.61 Å². The molecule has 0 saturated carbocycles. The van der Waals surface area contributed by atoms with Gasteiger partial charge in [0.1, 0.15) is 5.82 Å². The molecule has 0 amide bonds. The molecule has 0 unspecified atom stereocenters. The summed E-state index contributed by atoms with van der Waals surface area (Å²) >= 11 is 1.62. The highest BCUT2D eigenvalue weighted by molar-refractivity contribution is 8.00. The van der Waals surface area contributed by atoms with Gasteiger partial charge in [0.15, 0.2) is 0 Å². The molecule has 1 aliphatic rings. The first-order valence-electron chi connectivity index (χ1n) is 6.75. The fourth-order valence-electron chi connectivity index (χ4n) is 2.40. The van der Waals surface area contributed by atoms with Crippen LogP contribution in [0.2, 0.25) is 0 Å². The van der Waals surface area contributed by atoms with Gasteiger partial charge in [0.2, 0.25) is 0 Å². The minimum atomic E-state index is -0.135. The molecule has 0 bridgehead atoms.